The summed E-state index contributed by atoms with van der Waals surface area (Å²) in [7, 11) is 1.66. The monoisotopic (exact) mass is 485 g/mol. The second-order valence-electron chi connectivity index (χ2n) is 8.98. The number of hydrogen-bond donors (Lipinski definition) is 2. The Hall–Kier alpha value is -3.05. The van der Waals surface area contributed by atoms with E-state index >= 15 is 0 Å². The molecule has 0 aromatic carbocycles. The Morgan fingerprint density at radius 3 is 2.74 bits per heavy atom. The smallest absolute Gasteiger partial charge is 0.272 e. The predicted molar refractivity (Wildman–Crippen MR) is 131 cm³/mol. The first kappa shape index (κ1) is 24.1. The molecule has 1 saturated heterocycles. The minimum absolute atomic E-state index is 0.0426. The molecule has 3 aromatic heterocycles. The minimum atomic E-state index is -0.404. The van der Waals surface area contributed by atoms with Gasteiger partial charge in [0, 0.05) is 56.9 Å². The van der Waals surface area contributed by atoms with Crippen LogP contribution in [-0.2, 0) is 9.53 Å². The molecule has 0 aliphatic carbocycles. The number of ether oxygens (including phenoxy) is 1. The lowest BCUT2D eigenvalue weighted by Gasteiger charge is -2.32. The summed E-state index contributed by atoms with van der Waals surface area (Å²) in [5.74, 6) is 0.902. The largest absolute Gasteiger partial charge is 0.377 e. The molecule has 0 spiro atoms. The third-order valence-electron chi connectivity index (χ3n) is 6.03. The number of hydrogen-bond acceptors (Lipinski definition) is 8. The molecule has 2 amide bonds. The van der Waals surface area contributed by atoms with Crippen LogP contribution in [0.5, 0.6) is 0 Å². The molecule has 182 valence electrons. The van der Waals surface area contributed by atoms with Gasteiger partial charge >= 0.3 is 0 Å². The Labute approximate surface area is 202 Å². The number of anilines is 1. The Bertz CT molecular complexity index is 1160. The maximum atomic E-state index is 13.4. The van der Waals surface area contributed by atoms with E-state index in [1.807, 2.05) is 32.3 Å². The molecule has 0 bridgehead atoms. The number of fused-ring (bicyclic) bond motifs is 1. The van der Waals surface area contributed by atoms with Gasteiger partial charge in [-0.3, -0.25) is 9.59 Å². The van der Waals surface area contributed by atoms with E-state index in [9.17, 15) is 9.59 Å². The van der Waals surface area contributed by atoms with Crippen molar-refractivity contribution in [1.29, 1.82) is 0 Å². The average Bonchev–Trinajstić information content (AvgIpc) is 3.47. The Balaban J connectivity index is 1.58. The van der Waals surface area contributed by atoms with Gasteiger partial charge in [-0.25, -0.2) is 14.5 Å². The molecule has 3 aromatic rings. The summed E-state index contributed by atoms with van der Waals surface area (Å²) in [4.78, 5) is 37.1. The van der Waals surface area contributed by atoms with Gasteiger partial charge in [0.1, 0.15) is 16.3 Å². The first-order valence-electron chi connectivity index (χ1n) is 11.5. The number of methoxy groups -OCH3 is 1. The lowest BCUT2D eigenvalue weighted by Crippen LogP contribution is -2.46. The molecule has 1 fully saturated rings. The summed E-state index contributed by atoms with van der Waals surface area (Å²) < 4.78 is 7.28. The number of carbonyl (C=O) groups excluding carboxylic acids is 2. The van der Waals surface area contributed by atoms with Crippen LogP contribution in [-0.4, -0.2) is 74.7 Å². The van der Waals surface area contributed by atoms with Gasteiger partial charge in [-0.15, -0.1) is 11.3 Å². The topological polar surface area (TPSA) is 114 Å². The number of amides is 2. The van der Waals surface area contributed by atoms with Crippen molar-refractivity contribution < 1.29 is 14.3 Å². The van der Waals surface area contributed by atoms with Crippen LogP contribution in [0.4, 0.5) is 5.82 Å². The van der Waals surface area contributed by atoms with Gasteiger partial charge in [0.15, 0.2) is 5.82 Å². The average molecular weight is 486 g/mol. The van der Waals surface area contributed by atoms with Crippen LogP contribution in [0.15, 0.2) is 23.8 Å². The molecule has 4 rings (SSSR count). The number of aromatic nitrogens is 4. The van der Waals surface area contributed by atoms with Crippen molar-refractivity contribution in [3.8, 4) is 11.4 Å². The number of piperidine rings is 1. The molecule has 1 aliphatic rings. The van der Waals surface area contributed by atoms with E-state index in [0.29, 0.717) is 43.4 Å². The highest BCUT2D eigenvalue weighted by Crippen LogP contribution is 2.27. The van der Waals surface area contributed by atoms with Crippen molar-refractivity contribution >= 4 is 33.8 Å². The van der Waals surface area contributed by atoms with Crippen molar-refractivity contribution in [2.24, 2.45) is 0 Å². The molecule has 34 heavy (non-hydrogen) atoms. The van der Waals surface area contributed by atoms with E-state index in [2.05, 4.69) is 25.7 Å². The van der Waals surface area contributed by atoms with Crippen LogP contribution < -0.4 is 10.6 Å². The van der Waals surface area contributed by atoms with Gasteiger partial charge in [-0.2, -0.15) is 5.10 Å². The van der Waals surface area contributed by atoms with Gasteiger partial charge < -0.3 is 20.3 Å². The SMILES string of the molecule is CCC(=O)NC1CCN(C(=O)c2cc(NCC(C)(C)OC)nc(-c3cnn4ccsc34)n2)CC1. The number of thiazole rings is 1. The zero-order valence-corrected chi connectivity index (χ0v) is 20.8. The van der Waals surface area contributed by atoms with Gasteiger partial charge in [-0.05, 0) is 26.7 Å². The zero-order valence-electron chi connectivity index (χ0n) is 20.0. The summed E-state index contributed by atoms with van der Waals surface area (Å²) >= 11 is 1.54. The number of likely N-dealkylation sites (tertiary alicyclic amines) is 1. The van der Waals surface area contributed by atoms with Crippen molar-refractivity contribution in [2.75, 3.05) is 32.1 Å². The lowest BCUT2D eigenvalue weighted by atomic mass is 10.0. The standard InChI is InChI=1S/C23H31N7O3S/c1-5-19(31)26-15-6-8-29(9-7-15)21(32)17-12-18(24-14-23(2,3)33-4)28-20(27-17)16-13-25-30-10-11-34-22(16)30/h10-13,15H,5-9,14H2,1-4H3,(H,26,31)(H,24,27,28). The van der Waals surface area contributed by atoms with Gasteiger partial charge in [0.2, 0.25) is 5.91 Å². The minimum Gasteiger partial charge on any atom is -0.377 e. The summed E-state index contributed by atoms with van der Waals surface area (Å²) in [5.41, 5.74) is 0.702. The number of rotatable bonds is 8. The van der Waals surface area contributed by atoms with E-state index < -0.39 is 5.60 Å². The number of carbonyl (C=O) groups is 2. The first-order valence-corrected chi connectivity index (χ1v) is 12.4. The first-order chi connectivity index (χ1) is 16.3. The van der Waals surface area contributed by atoms with Crippen molar-refractivity contribution in [2.45, 2.75) is 51.7 Å². The van der Waals surface area contributed by atoms with E-state index in [0.717, 1.165) is 23.2 Å². The quantitative estimate of drug-likeness (QED) is 0.504. The molecule has 0 unspecified atom stereocenters. The summed E-state index contributed by atoms with van der Waals surface area (Å²) in [5, 5.41) is 12.6. The Kier molecular flexibility index (Phi) is 7.13. The molecule has 0 atom stereocenters. The van der Waals surface area contributed by atoms with Gasteiger partial charge in [0.25, 0.3) is 5.91 Å². The molecular weight excluding hydrogens is 454 g/mol. The van der Waals surface area contributed by atoms with Crippen LogP contribution in [0.2, 0.25) is 0 Å². The molecular formula is C23H31N7O3S. The van der Waals surface area contributed by atoms with Gasteiger partial charge in [-0.1, -0.05) is 6.92 Å². The molecule has 0 saturated carbocycles. The molecule has 0 radical (unpaired) electrons. The van der Waals surface area contributed by atoms with E-state index in [-0.39, 0.29) is 17.9 Å². The fourth-order valence-corrected chi connectivity index (χ4v) is 4.53. The van der Waals surface area contributed by atoms with Crippen LogP contribution in [0, 0.1) is 0 Å². The maximum Gasteiger partial charge on any atom is 0.272 e. The van der Waals surface area contributed by atoms with Crippen LogP contribution >= 0.6 is 11.3 Å². The third-order valence-corrected chi connectivity index (χ3v) is 6.92. The summed E-state index contributed by atoms with van der Waals surface area (Å²) in [6.07, 6.45) is 5.51. The zero-order chi connectivity index (χ0) is 24.3. The second kappa shape index (κ2) is 10.1. The fraction of sp³-hybridized carbons (Fsp3) is 0.522. The molecule has 11 heteroatoms. The predicted octanol–water partition coefficient (Wildman–Crippen LogP) is 2.82. The number of nitrogens with zero attached hydrogens (tertiary/aromatic N) is 5. The van der Waals surface area contributed by atoms with Crippen LogP contribution in [0.1, 0.15) is 50.5 Å². The summed E-state index contributed by atoms with van der Waals surface area (Å²) in [6.45, 7) is 7.43. The normalized spacial score (nSPS) is 15.0. The van der Waals surface area contributed by atoms with Crippen molar-refractivity contribution in [3.63, 3.8) is 0 Å². The molecule has 2 N–H and O–H groups in total. The summed E-state index contributed by atoms with van der Waals surface area (Å²) in [6, 6.07) is 1.79. The maximum absolute atomic E-state index is 13.4. The molecule has 10 nitrogen and oxygen atoms in total. The third kappa shape index (κ3) is 5.36. The Morgan fingerprint density at radius 2 is 2.03 bits per heavy atom. The van der Waals surface area contributed by atoms with Crippen molar-refractivity contribution in [1.82, 2.24) is 29.8 Å². The van der Waals surface area contributed by atoms with Crippen LogP contribution in [0.3, 0.4) is 0 Å². The Morgan fingerprint density at radius 1 is 1.26 bits per heavy atom. The highest BCUT2D eigenvalue weighted by Gasteiger charge is 2.27. The number of nitrogens with one attached hydrogen (secondary N) is 2. The highest BCUT2D eigenvalue weighted by molar-refractivity contribution is 7.16. The van der Waals surface area contributed by atoms with Crippen molar-refractivity contribution in [3.05, 3.63) is 29.5 Å². The second-order valence-corrected chi connectivity index (χ2v) is 9.87. The van der Waals surface area contributed by atoms with Gasteiger partial charge in [0.05, 0.1) is 17.4 Å². The highest BCUT2D eigenvalue weighted by atomic mass is 32.1. The lowest BCUT2D eigenvalue weighted by molar-refractivity contribution is -0.121. The molecule has 4 heterocycles. The van der Waals surface area contributed by atoms with E-state index in [1.165, 1.54) is 0 Å². The van der Waals surface area contributed by atoms with E-state index in [1.54, 1.807) is 40.1 Å². The van der Waals surface area contributed by atoms with Crippen LogP contribution in [0.25, 0.3) is 16.2 Å². The molecule has 1 aliphatic heterocycles. The fourth-order valence-electron chi connectivity index (χ4n) is 3.74. The van der Waals surface area contributed by atoms with E-state index in [4.69, 9.17) is 4.74 Å².